The number of hydrogen-bond donors (Lipinski definition) is 2. The van der Waals surface area contributed by atoms with E-state index in [9.17, 15) is 4.79 Å². The van der Waals surface area contributed by atoms with Crippen LogP contribution in [-0.2, 0) is 11.8 Å². The zero-order chi connectivity index (χ0) is 17.6. The number of rotatable bonds is 3. The Hall–Kier alpha value is -2.94. The highest BCUT2D eigenvalue weighted by Gasteiger charge is 2.25. The molecule has 3 aromatic heterocycles. The molecule has 9 nitrogen and oxygen atoms in total. The second-order valence-electron chi connectivity index (χ2n) is 6.14. The Morgan fingerprint density at radius 1 is 1.48 bits per heavy atom. The Morgan fingerprint density at radius 2 is 2.32 bits per heavy atom. The van der Waals surface area contributed by atoms with Gasteiger partial charge in [-0.1, -0.05) is 0 Å². The van der Waals surface area contributed by atoms with Crippen molar-refractivity contribution < 1.29 is 9.53 Å². The molecule has 130 valence electrons. The van der Waals surface area contributed by atoms with E-state index in [1.54, 1.807) is 24.0 Å². The third-order valence-electron chi connectivity index (χ3n) is 4.45. The lowest BCUT2D eigenvalue weighted by molar-refractivity contribution is 0.0984. The first-order valence-corrected chi connectivity index (χ1v) is 8.08. The standard InChI is InChI=1S/C16H19N7O2/c1-9-8-25-6-5-23(9)12-7-10(16(17)24)15-14(19-12)13(21-22(15)2)11-3-4-18-20-11/h3-4,7,9H,5-6,8H2,1-2H3,(H2,17,24)(H,18,20)/t9-/m1/s1. The van der Waals surface area contributed by atoms with Crippen molar-refractivity contribution in [1.82, 2.24) is 25.0 Å². The summed E-state index contributed by atoms with van der Waals surface area (Å²) in [7, 11) is 1.77. The van der Waals surface area contributed by atoms with Gasteiger partial charge in [-0.25, -0.2) is 4.98 Å². The predicted octanol–water partition coefficient (Wildman–Crippen LogP) is 0.682. The number of aryl methyl sites for hydroxylation is 1. The van der Waals surface area contributed by atoms with Crippen molar-refractivity contribution in [3.05, 3.63) is 23.9 Å². The van der Waals surface area contributed by atoms with Gasteiger partial charge in [0.25, 0.3) is 5.91 Å². The average Bonchev–Trinajstić information content (AvgIpc) is 3.22. The normalized spacial score (nSPS) is 18.0. The predicted molar refractivity (Wildman–Crippen MR) is 92.2 cm³/mol. The number of H-pyrrole nitrogens is 1. The smallest absolute Gasteiger partial charge is 0.251 e. The molecule has 3 N–H and O–H groups in total. The first kappa shape index (κ1) is 15.6. The quantitative estimate of drug-likeness (QED) is 0.724. The molecule has 1 fully saturated rings. The Balaban J connectivity index is 1.97. The van der Waals surface area contributed by atoms with Gasteiger partial charge in [-0.3, -0.25) is 14.6 Å². The zero-order valence-electron chi connectivity index (χ0n) is 14.1. The number of aromatic nitrogens is 5. The van der Waals surface area contributed by atoms with Gasteiger partial charge in [-0.15, -0.1) is 0 Å². The minimum Gasteiger partial charge on any atom is -0.377 e. The molecule has 9 heteroatoms. The van der Waals surface area contributed by atoms with Crippen LogP contribution in [0.4, 0.5) is 5.82 Å². The number of carbonyl (C=O) groups is 1. The van der Waals surface area contributed by atoms with E-state index in [1.807, 2.05) is 6.07 Å². The van der Waals surface area contributed by atoms with Crippen molar-refractivity contribution in [3.63, 3.8) is 0 Å². The molecule has 0 aromatic carbocycles. The number of carbonyl (C=O) groups excluding carboxylic acids is 1. The number of amides is 1. The molecule has 25 heavy (non-hydrogen) atoms. The lowest BCUT2D eigenvalue weighted by atomic mass is 10.1. The number of fused-ring (bicyclic) bond motifs is 1. The summed E-state index contributed by atoms with van der Waals surface area (Å²) in [5.41, 5.74) is 8.54. The second kappa shape index (κ2) is 5.85. The third kappa shape index (κ3) is 2.52. The van der Waals surface area contributed by atoms with Gasteiger partial charge in [0.1, 0.15) is 28.2 Å². The van der Waals surface area contributed by atoms with Crippen molar-refractivity contribution in [2.45, 2.75) is 13.0 Å². The van der Waals surface area contributed by atoms with Crippen LogP contribution in [0.25, 0.3) is 22.4 Å². The van der Waals surface area contributed by atoms with Gasteiger partial charge in [0.15, 0.2) is 0 Å². The maximum absolute atomic E-state index is 12.1. The number of morpholine rings is 1. The number of nitrogens with one attached hydrogen (secondary N) is 1. The number of primary amides is 1. The van der Waals surface area contributed by atoms with Crippen LogP contribution in [0, 0.1) is 0 Å². The summed E-state index contributed by atoms with van der Waals surface area (Å²) in [5.74, 6) is 0.188. The van der Waals surface area contributed by atoms with Gasteiger partial charge in [0.05, 0.1) is 24.8 Å². The van der Waals surface area contributed by atoms with Gasteiger partial charge in [0, 0.05) is 19.8 Å². The van der Waals surface area contributed by atoms with Crippen LogP contribution in [0.2, 0.25) is 0 Å². The van der Waals surface area contributed by atoms with E-state index in [-0.39, 0.29) is 6.04 Å². The number of ether oxygens (including phenoxy) is 1. The molecule has 4 rings (SSSR count). The Morgan fingerprint density at radius 3 is 3.00 bits per heavy atom. The van der Waals surface area contributed by atoms with E-state index >= 15 is 0 Å². The minimum absolute atomic E-state index is 0.157. The Bertz CT molecular complexity index is 932. The summed E-state index contributed by atoms with van der Waals surface area (Å²) in [5, 5.41) is 11.5. The van der Waals surface area contributed by atoms with Crippen LogP contribution in [-0.4, -0.2) is 56.7 Å². The molecule has 0 aliphatic carbocycles. The molecule has 0 saturated carbocycles. The third-order valence-corrected chi connectivity index (χ3v) is 4.45. The molecule has 0 radical (unpaired) electrons. The molecule has 1 aliphatic heterocycles. The van der Waals surface area contributed by atoms with Gasteiger partial charge in [-0.2, -0.15) is 10.2 Å². The van der Waals surface area contributed by atoms with Crippen molar-refractivity contribution in [1.29, 1.82) is 0 Å². The number of nitrogens with zero attached hydrogens (tertiary/aromatic N) is 5. The topological polar surface area (TPSA) is 115 Å². The van der Waals surface area contributed by atoms with Crippen molar-refractivity contribution in [2.75, 3.05) is 24.7 Å². The molecule has 3 aromatic rings. The lowest BCUT2D eigenvalue weighted by Crippen LogP contribution is -2.44. The van der Waals surface area contributed by atoms with Gasteiger partial charge in [-0.05, 0) is 19.1 Å². The molecular weight excluding hydrogens is 322 g/mol. The SMILES string of the molecule is C[C@@H]1COCCN1c1cc(C(N)=O)c2c(n1)c(-c1cc[nH]n1)nn2C. The van der Waals surface area contributed by atoms with Gasteiger partial charge < -0.3 is 15.4 Å². The van der Waals surface area contributed by atoms with Crippen LogP contribution in [0.15, 0.2) is 18.3 Å². The van der Waals surface area contributed by atoms with Crippen LogP contribution < -0.4 is 10.6 Å². The highest BCUT2D eigenvalue weighted by atomic mass is 16.5. The molecule has 1 amide bonds. The first-order chi connectivity index (χ1) is 12.1. The first-order valence-electron chi connectivity index (χ1n) is 8.08. The van der Waals surface area contributed by atoms with Crippen molar-refractivity contribution in [3.8, 4) is 11.4 Å². The van der Waals surface area contributed by atoms with E-state index in [2.05, 4.69) is 27.1 Å². The number of pyridine rings is 1. The Labute approximate surface area is 143 Å². The van der Waals surface area contributed by atoms with Crippen molar-refractivity contribution >= 4 is 22.8 Å². The molecule has 0 bridgehead atoms. The molecule has 1 saturated heterocycles. The summed E-state index contributed by atoms with van der Waals surface area (Å²) in [4.78, 5) is 19.0. The van der Waals surface area contributed by atoms with E-state index in [4.69, 9.17) is 15.5 Å². The second-order valence-corrected chi connectivity index (χ2v) is 6.14. The van der Waals surface area contributed by atoms with Crippen LogP contribution in [0.5, 0.6) is 0 Å². The fourth-order valence-electron chi connectivity index (χ4n) is 3.23. The fourth-order valence-corrected chi connectivity index (χ4v) is 3.23. The lowest BCUT2D eigenvalue weighted by Gasteiger charge is -2.34. The Kier molecular flexibility index (Phi) is 3.65. The monoisotopic (exact) mass is 341 g/mol. The molecular formula is C16H19N7O2. The van der Waals surface area contributed by atoms with Crippen LogP contribution >= 0.6 is 0 Å². The molecule has 1 atom stereocenters. The number of aromatic amines is 1. The van der Waals surface area contributed by atoms with Crippen LogP contribution in [0.3, 0.4) is 0 Å². The fraction of sp³-hybridized carbons (Fsp3) is 0.375. The van der Waals surface area contributed by atoms with Crippen molar-refractivity contribution in [2.24, 2.45) is 12.8 Å². The largest absolute Gasteiger partial charge is 0.377 e. The number of hydrogen-bond acceptors (Lipinski definition) is 6. The summed E-state index contributed by atoms with van der Waals surface area (Å²) in [6.45, 7) is 4.00. The van der Waals surface area contributed by atoms with E-state index in [0.29, 0.717) is 53.6 Å². The highest BCUT2D eigenvalue weighted by molar-refractivity contribution is 6.07. The summed E-state index contributed by atoms with van der Waals surface area (Å²) < 4.78 is 7.12. The van der Waals surface area contributed by atoms with E-state index in [1.165, 1.54) is 0 Å². The van der Waals surface area contributed by atoms with Crippen LogP contribution in [0.1, 0.15) is 17.3 Å². The van der Waals surface area contributed by atoms with Gasteiger partial charge >= 0.3 is 0 Å². The van der Waals surface area contributed by atoms with E-state index in [0.717, 1.165) is 0 Å². The molecule has 4 heterocycles. The zero-order valence-corrected chi connectivity index (χ0v) is 14.1. The maximum Gasteiger partial charge on any atom is 0.251 e. The summed E-state index contributed by atoms with van der Waals surface area (Å²) in [6.07, 6.45) is 1.72. The number of nitrogens with two attached hydrogens (primary N) is 1. The molecule has 1 aliphatic rings. The number of anilines is 1. The average molecular weight is 341 g/mol. The molecule has 0 spiro atoms. The summed E-state index contributed by atoms with van der Waals surface area (Å²) >= 11 is 0. The van der Waals surface area contributed by atoms with Gasteiger partial charge in [0.2, 0.25) is 0 Å². The maximum atomic E-state index is 12.1. The minimum atomic E-state index is -0.508. The highest BCUT2D eigenvalue weighted by Crippen LogP contribution is 2.30. The summed E-state index contributed by atoms with van der Waals surface area (Å²) in [6, 6.07) is 3.71. The van der Waals surface area contributed by atoms with E-state index < -0.39 is 5.91 Å². The molecule has 0 unspecified atom stereocenters.